The van der Waals surface area contributed by atoms with Crippen LogP contribution in [-0.4, -0.2) is 16.7 Å². The molecular weight excluding hydrogens is 366 g/mol. The molecule has 2 bridgehead atoms. The van der Waals surface area contributed by atoms with E-state index in [0.29, 0.717) is 11.3 Å². The first-order valence-electron chi connectivity index (χ1n) is 9.00. The Morgan fingerprint density at radius 2 is 2.04 bits per heavy atom. The van der Waals surface area contributed by atoms with Crippen LogP contribution in [0.5, 0.6) is 0 Å². The summed E-state index contributed by atoms with van der Waals surface area (Å²) in [7, 11) is 0. The Morgan fingerprint density at radius 1 is 1.21 bits per heavy atom. The van der Waals surface area contributed by atoms with Crippen molar-refractivity contribution in [1.82, 2.24) is 10.1 Å². The molecule has 1 aromatic carbocycles. The third kappa shape index (κ3) is 2.48. The van der Waals surface area contributed by atoms with Gasteiger partial charge in [0.1, 0.15) is 0 Å². The van der Waals surface area contributed by atoms with Gasteiger partial charge in [0.05, 0.1) is 5.41 Å². The Morgan fingerprint density at radius 3 is 2.79 bits per heavy atom. The van der Waals surface area contributed by atoms with E-state index in [1.807, 2.05) is 0 Å². The van der Waals surface area contributed by atoms with Crippen molar-refractivity contribution in [1.29, 1.82) is 0 Å². The highest BCUT2D eigenvalue weighted by Crippen LogP contribution is 2.62. The summed E-state index contributed by atoms with van der Waals surface area (Å²) >= 11 is 3.54. The second-order valence-corrected chi connectivity index (χ2v) is 8.97. The van der Waals surface area contributed by atoms with Gasteiger partial charge in [-0.25, -0.2) is 0 Å². The van der Waals surface area contributed by atoms with Crippen molar-refractivity contribution in [3.8, 4) is 0 Å². The molecule has 1 aromatic heterocycles. The van der Waals surface area contributed by atoms with Gasteiger partial charge in [0.2, 0.25) is 5.89 Å². The fraction of sp³-hybridized carbons (Fsp3) is 0.579. The molecule has 126 valence electrons. The third-order valence-corrected chi connectivity index (χ3v) is 6.80. The largest absolute Gasteiger partial charge is 0.384 e. The van der Waals surface area contributed by atoms with Crippen LogP contribution in [-0.2, 0) is 5.41 Å². The SMILES string of the molecule is Brc1cccc(NCC23CCC(c4nc(C5CC5)no4)(CC2)C3)c1. The van der Waals surface area contributed by atoms with Crippen molar-refractivity contribution in [2.75, 3.05) is 11.9 Å². The van der Waals surface area contributed by atoms with E-state index in [-0.39, 0.29) is 5.41 Å². The number of hydrogen-bond acceptors (Lipinski definition) is 4. The summed E-state index contributed by atoms with van der Waals surface area (Å²) < 4.78 is 6.83. The van der Waals surface area contributed by atoms with E-state index in [9.17, 15) is 0 Å². The Labute approximate surface area is 150 Å². The normalized spacial score (nSPS) is 31.5. The Balaban J connectivity index is 1.31. The van der Waals surface area contributed by atoms with E-state index in [2.05, 4.69) is 50.7 Å². The molecule has 0 radical (unpaired) electrons. The molecule has 5 heteroatoms. The van der Waals surface area contributed by atoms with E-state index in [0.717, 1.165) is 22.7 Å². The summed E-state index contributed by atoms with van der Waals surface area (Å²) in [6.45, 7) is 1.04. The van der Waals surface area contributed by atoms with Crippen LogP contribution < -0.4 is 5.32 Å². The molecule has 0 aliphatic heterocycles. The minimum atomic E-state index is 0.152. The quantitative estimate of drug-likeness (QED) is 0.781. The summed E-state index contributed by atoms with van der Waals surface area (Å²) in [6, 6.07) is 8.42. The van der Waals surface area contributed by atoms with E-state index in [1.165, 1.54) is 50.6 Å². The van der Waals surface area contributed by atoms with Gasteiger partial charge in [-0.3, -0.25) is 0 Å². The van der Waals surface area contributed by atoms with E-state index < -0.39 is 0 Å². The lowest BCUT2D eigenvalue weighted by molar-refractivity contribution is 0.272. The van der Waals surface area contributed by atoms with Gasteiger partial charge in [-0.1, -0.05) is 27.2 Å². The predicted molar refractivity (Wildman–Crippen MR) is 96.1 cm³/mol. The fourth-order valence-electron chi connectivity index (χ4n) is 4.70. The number of benzene rings is 1. The number of nitrogens with zero attached hydrogens (tertiary/aromatic N) is 2. The molecule has 0 atom stereocenters. The predicted octanol–water partition coefficient (Wildman–Crippen LogP) is 5.02. The minimum Gasteiger partial charge on any atom is -0.384 e. The van der Waals surface area contributed by atoms with Crippen LogP contribution in [0.1, 0.15) is 62.6 Å². The fourth-order valence-corrected chi connectivity index (χ4v) is 5.10. The maximum absolute atomic E-state index is 5.71. The van der Waals surface area contributed by atoms with Crippen molar-refractivity contribution in [2.24, 2.45) is 5.41 Å². The third-order valence-electron chi connectivity index (χ3n) is 6.31. The molecular formula is C19H22BrN3O. The standard InChI is InChI=1S/C19H22BrN3O/c20-14-2-1-3-15(10-14)21-12-18-6-8-19(11-18,9-7-18)17-22-16(23-24-17)13-4-5-13/h1-3,10,13,21H,4-9,11-12H2. The van der Waals surface area contributed by atoms with Crippen LogP contribution in [0.2, 0.25) is 0 Å². The molecule has 3 aliphatic rings. The van der Waals surface area contributed by atoms with Gasteiger partial charge in [-0.2, -0.15) is 4.98 Å². The van der Waals surface area contributed by atoms with Gasteiger partial charge in [0.15, 0.2) is 5.82 Å². The van der Waals surface area contributed by atoms with Gasteiger partial charge in [-0.05, 0) is 68.6 Å². The second-order valence-electron chi connectivity index (χ2n) is 8.05. The van der Waals surface area contributed by atoms with E-state index in [1.54, 1.807) is 0 Å². The van der Waals surface area contributed by atoms with Crippen molar-refractivity contribution < 1.29 is 4.52 Å². The van der Waals surface area contributed by atoms with Gasteiger partial charge < -0.3 is 9.84 Å². The van der Waals surface area contributed by atoms with Crippen LogP contribution >= 0.6 is 15.9 Å². The smallest absolute Gasteiger partial charge is 0.232 e. The molecule has 24 heavy (non-hydrogen) atoms. The Bertz CT molecular complexity index is 759. The number of rotatable bonds is 5. The molecule has 0 spiro atoms. The number of halogens is 1. The topological polar surface area (TPSA) is 51.0 Å². The van der Waals surface area contributed by atoms with Crippen LogP contribution in [0.25, 0.3) is 0 Å². The monoisotopic (exact) mass is 387 g/mol. The van der Waals surface area contributed by atoms with Crippen LogP contribution in [0.15, 0.2) is 33.3 Å². The van der Waals surface area contributed by atoms with Crippen molar-refractivity contribution in [2.45, 2.75) is 56.3 Å². The molecule has 3 fully saturated rings. The van der Waals surface area contributed by atoms with Gasteiger partial charge in [0.25, 0.3) is 0 Å². The number of aromatic nitrogens is 2. The lowest BCUT2D eigenvalue weighted by Crippen LogP contribution is -2.24. The van der Waals surface area contributed by atoms with E-state index in [4.69, 9.17) is 9.51 Å². The summed E-state index contributed by atoms with van der Waals surface area (Å²) in [5.41, 5.74) is 1.73. The number of anilines is 1. The van der Waals surface area contributed by atoms with Crippen LogP contribution in [0, 0.1) is 5.41 Å². The number of fused-ring (bicyclic) bond motifs is 2. The highest BCUT2D eigenvalue weighted by Gasteiger charge is 2.57. The lowest BCUT2D eigenvalue weighted by Gasteiger charge is -2.27. The van der Waals surface area contributed by atoms with Crippen molar-refractivity contribution in [3.05, 3.63) is 40.5 Å². The van der Waals surface area contributed by atoms with Gasteiger partial charge in [0, 0.05) is 22.6 Å². The molecule has 1 heterocycles. The first-order chi connectivity index (χ1) is 11.7. The summed E-state index contributed by atoms with van der Waals surface area (Å²) in [5.74, 6) is 2.45. The number of nitrogens with one attached hydrogen (secondary N) is 1. The van der Waals surface area contributed by atoms with Crippen molar-refractivity contribution in [3.63, 3.8) is 0 Å². The second kappa shape index (κ2) is 5.32. The highest BCUT2D eigenvalue weighted by atomic mass is 79.9. The summed E-state index contributed by atoms with van der Waals surface area (Å²) in [5, 5.41) is 7.90. The maximum Gasteiger partial charge on any atom is 0.232 e. The van der Waals surface area contributed by atoms with Crippen molar-refractivity contribution >= 4 is 21.6 Å². The first-order valence-corrected chi connectivity index (χ1v) is 9.79. The molecule has 4 nitrogen and oxygen atoms in total. The van der Waals surface area contributed by atoms with Gasteiger partial charge in [-0.15, -0.1) is 0 Å². The average Bonchev–Trinajstić information content (AvgIpc) is 3.07. The Hall–Kier alpha value is -1.36. The first kappa shape index (κ1) is 14.9. The molecule has 5 rings (SSSR count). The highest BCUT2D eigenvalue weighted by molar-refractivity contribution is 9.10. The Kier molecular flexibility index (Phi) is 3.31. The average molecular weight is 388 g/mol. The molecule has 3 aliphatic carbocycles. The molecule has 0 unspecified atom stereocenters. The summed E-state index contributed by atoms with van der Waals surface area (Å²) in [4.78, 5) is 4.78. The minimum absolute atomic E-state index is 0.152. The molecule has 0 saturated heterocycles. The summed E-state index contributed by atoms with van der Waals surface area (Å²) in [6.07, 6.45) is 8.55. The molecule has 0 amide bonds. The zero-order chi connectivity index (χ0) is 16.2. The zero-order valence-corrected chi connectivity index (χ0v) is 15.3. The lowest BCUT2D eigenvalue weighted by atomic mass is 9.82. The van der Waals surface area contributed by atoms with E-state index >= 15 is 0 Å². The number of hydrogen-bond donors (Lipinski definition) is 1. The molecule has 3 saturated carbocycles. The van der Waals surface area contributed by atoms with Crippen LogP contribution in [0.4, 0.5) is 5.69 Å². The molecule has 2 aromatic rings. The molecule has 1 N–H and O–H groups in total. The van der Waals surface area contributed by atoms with Crippen LogP contribution in [0.3, 0.4) is 0 Å². The van der Waals surface area contributed by atoms with Gasteiger partial charge >= 0.3 is 0 Å². The maximum atomic E-state index is 5.71. The zero-order valence-electron chi connectivity index (χ0n) is 13.7.